The Labute approximate surface area is 107 Å². The first-order chi connectivity index (χ1) is 8.68. The molecule has 1 heterocycles. The van der Waals surface area contributed by atoms with Crippen LogP contribution in [-0.4, -0.2) is 10.9 Å². The molecular formula is C15H16N2O. The second-order valence-corrected chi connectivity index (χ2v) is 4.29. The van der Waals surface area contributed by atoms with Gasteiger partial charge in [0.2, 0.25) is 0 Å². The number of benzene rings is 1. The van der Waals surface area contributed by atoms with E-state index >= 15 is 0 Å². The number of pyridine rings is 1. The van der Waals surface area contributed by atoms with E-state index in [4.69, 9.17) is 0 Å². The third-order valence-corrected chi connectivity index (χ3v) is 2.93. The molecule has 0 saturated heterocycles. The molecule has 1 aromatic heterocycles. The lowest BCUT2D eigenvalue weighted by molar-refractivity contribution is 0.0939. The zero-order valence-corrected chi connectivity index (χ0v) is 10.6. The fraction of sp³-hybridized carbons (Fsp3) is 0.200. The SMILES string of the molecule is Cc1ccccc1[C@@H](C)NC(=O)c1cccnc1. The highest BCUT2D eigenvalue weighted by Gasteiger charge is 2.12. The first kappa shape index (κ1) is 12.3. The molecule has 2 aromatic rings. The van der Waals surface area contributed by atoms with Crippen LogP contribution < -0.4 is 5.32 Å². The highest BCUT2D eigenvalue weighted by Crippen LogP contribution is 2.17. The Kier molecular flexibility index (Phi) is 3.72. The minimum atomic E-state index is -0.0983. The van der Waals surface area contributed by atoms with Gasteiger partial charge in [-0.05, 0) is 37.1 Å². The highest BCUT2D eigenvalue weighted by atomic mass is 16.1. The number of nitrogens with one attached hydrogen (secondary N) is 1. The van der Waals surface area contributed by atoms with Crippen molar-refractivity contribution in [2.75, 3.05) is 0 Å². The molecule has 0 bridgehead atoms. The Morgan fingerprint density at radius 2 is 2.00 bits per heavy atom. The van der Waals surface area contributed by atoms with Crippen LogP contribution in [-0.2, 0) is 0 Å². The maximum atomic E-state index is 12.0. The highest BCUT2D eigenvalue weighted by molar-refractivity contribution is 5.94. The van der Waals surface area contributed by atoms with Crippen LogP contribution in [0.15, 0.2) is 48.8 Å². The lowest BCUT2D eigenvalue weighted by Gasteiger charge is -2.16. The zero-order valence-electron chi connectivity index (χ0n) is 10.6. The molecule has 0 aliphatic carbocycles. The van der Waals surface area contributed by atoms with Crippen LogP contribution in [0.4, 0.5) is 0 Å². The van der Waals surface area contributed by atoms with E-state index in [1.54, 1.807) is 24.5 Å². The molecular weight excluding hydrogens is 224 g/mol. The summed E-state index contributed by atoms with van der Waals surface area (Å²) in [5, 5.41) is 2.97. The number of carbonyl (C=O) groups excluding carboxylic acids is 1. The summed E-state index contributed by atoms with van der Waals surface area (Å²) < 4.78 is 0. The van der Waals surface area contributed by atoms with Gasteiger partial charge in [-0.15, -0.1) is 0 Å². The van der Waals surface area contributed by atoms with Crippen molar-refractivity contribution < 1.29 is 4.79 Å². The van der Waals surface area contributed by atoms with Gasteiger partial charge < -0.3 is 5.32 Å². The molecule has 3 nitrogen and oxygen atoms in total. The van der Waals surface area contributed by atoms with Crippen molar-refractivity contribution >= 4 is 5.91 Å². The van der Waals surface area contributed by atoms with Gasteiger partial charge in [-0.1, -0.05) is 24.3 Å². The summed E-state index contributed by atoms with van der Waals surface area (Å²) in [4.78, 5) is 15.9. The maximum absolute atomic E-state index is 12.0. The van der Waals surface area contributed by atoms with E-state index in [-0.39, 0.29) is 11.9 Å². The molecule has 2 rings (SSSR count). The van der Waals surface area contributed by atoms with Gasteiger partial charge in [0.15, 0.2) is 0 Å². The van der Waals surface area contributed by atoms with Crippen LogP contribution in [0.25, 0.3) is 0 Å². The summed E-state index contributed by atoms with van der Waals surface area (Å²) >= 11 is 0. The standard InChI is InChI=1S/C15H16N2O/c1-11-6-3-4-8-14(11)12(2)17-15(18)13-7-5-9-16-10-13/h3-10,12H,1-2H3,(H,17,18)/t12-/m1/s1. The molecule has 0 spiro atoms. The van der Waals surface area contributed by atoms with Crippen LogP contribution in [0.2, 0.25) is 0 Å². The van der Waals surface area contributed by atoms with Crippen LogP contribution in [0.5, 0.6) is 0 Å². The lowest BCUT2D eigenvalue weighted by atomic mass is 10.0. The van der Waals surface area contributed by atoms with Gasteiger partial charge in [0.25, 0.3) is 5.91 Å². The number of hydrogen-bond donors (Lipinski definition) is 1. The van der Waals surface area contributed by atoms with Crippen molar-refractivity contribution in [3.8, 4) is 0 Å². The molecule has 1 aromatic carbocycles. The largest absolute Gasteiger partial charge is 0.345 e. The van der Waals surface area contributed by atoms with Crippen molar-refractivity contribution in [1.82, 2.24) is 10.3 Å². The van der Waals surface area contributed by atoms with E-state index < -0.39 is 0 Å². The fourth-order valence-corrected chi connectivity index (χ4v) is 1.93. The van der Waals surface area contributed by atoms with Crippen molar-refractivity contribution in [2.45, 2.75) is 19.9 Å². The predicted molar refractivity (Wildman–Crippen MR) is 71.3 cm³/mol. The molecule has 1 amide bonds. The number of carbonyl (C=O) groups is 1. The van der Waals surface area contributed by atoms with E-state index in [0.29, 0.717) is 5.56 Å². The van der Waals surface area contributed by atoms with Gasteiger partial charge >= 0.3 is 0 Å². The van der Waals surface area contributed by atoms with Crippen molar-refractivity contribution in [3.63, 3.8) is 0 Å². The van der Waals surface area contributed by atoms with E-state index in [9.17, 15) is 4.79 Å². The molecule has 0 saturated carbocycles. The second-order valence-electron chi connectivity index (χ2n) is 4.29. The van der Waals surface area contributed by atoms with Crippen LogP contribution in [0.3, 0.4) is 0 Å². The van der Waals surface area contributed by atoms with Crippen LogP contribution in [0.1, 0.15) is 34.5 Å². The van der Waals surface area contributed by atoms with Gasteiger partial charge in [-0.3, -0.25) is 9.78 Å². The van der Waals surface area contributed by atoms with Gasteiger partial charge in [0.1, 0.15) is 0 Å². The molecule has 0 aliphatic rings. The molecule has 1 atom stereocenters. The third-order valence-electron chi connectivity index (χ3n) is 2.93. The predicted octanol–water partition coefficient (Wildman–Crippen LogP) is 2.88. The number of aromatic nitrogens is 1. The average Bonchev–Trinajstić information content (AvgIpc) is 2.40. The molecule has 0 radical (unpaired) electrons. The number of nitrogens with zero attached hydrogens (tertiary/aromatic N) is 1. The average molecular weight is 240 g/mol. The molecule has 3 heteroatoms. The summed E-state index contributed by atoms with van der Waals surface area (Å²) in [6.07, 6.45) is 3.22. The van der Waals surface area contributed by atoms with Crippen LogP contribution in [0, 0.1) is 6.92 Å². The minimum Gasteiger partial charge on any atom is -0.345 e. The number of aryl methyl sites for hydroxylation is 1. The van der Waals surface area contributed by atoms with Crippen molar-refractivity contribution in [3.05, 3.63) is 65.5 Å². The van der Waals surface area contributed by atoms with E-state index in [0.717, 1.165) is 5.56 Å². The monoisotopic (exact) mass is 240 g/mol. The number of hydrogen-bond acceptors (Lipinski definition) is 2. The van der Waals surface area contributed by atoms with Gasteiger partial charge in [0.05, 0.1) is 11.6 Å². The first-order valence-electron chi connectivity index (χ1n) is 5.95. The summed E-state index contributed by atoms with van der Waals surface area (Å²) in [6.45, 7) is 4.03. The Bertz CT molecular complexity index is 537. The Hall–Kier alpha value is -2.16. The summed E-state index contributed by atoms with van der Waals surface area (Å²) in [5.74, 6) is -0.0983. The lowest BCUT2D eigenvalue weighted by Crippen LogP contribution is -2.27. The Balaban J connectivity index is 2.11. The van der Waals surface area contributed by atoms with Gasteiger partial charge in [0, 0.05) is 12.4 Å². The zero-order chi connectivity index (χ0) is 13.0. The summed E-state index contributed by atoms with van der Waals surface area (Å²) in [5.41, 5.74) is 2.89. The van der Waals surface area contributed by atoms with E-state index in [1.807, 2.05) is 38.1 Å². The second kappa shape index (κ2) is 5.45. The van der Waals surface area contributed by atoms with Crippen molar-refractivity contribution in [2.24, 2.45) is 0 Å². The van der Waals surface area contributed by atoms with Crippen molar-refractivity contribution in [1.29, 1.82) is 0 Å². The Morgan fingerprint density at radius 1 is 1.22 bits per heavy atom. The molecule has 0 fully saturated rings. The Morgan fingerprint density at radius 3 is 2.67 bits per heavy atom. The maximum Gasteiger partial charge on any atom is 0.253 e. The molecule has 1 N–H and O–H groups in total. The van der Waals surface area contributed by atoms with E-state index in [2.05, 4.69) is 10.3 Å². The molecule has 0 unspecified atom stereocenters. The van der Waals surface area contributed by atoms with Crippen LogP contribution >= 0.6 is 0 Å². The minimum absolute atomic E-state index is 0.0149. The fourth-order valence-electron chi connectivity index (χ4n) is 1.93. The molecule has 0 aliphatic heterocycles. The molecule has 92 valence electrons. The van der Waals surface area contributed by atoms with E-state index in [1.165, 1.54) is 5.56 Å². The third kappa shape index (κ3) is 2.74. The first-order valence-corrected chi connectivity index (χ1v) is 5.95. The topological polar surface area (TPSA) is 42.0 Å². The smallest absolute Gasteiger partial charge is 0.253 e. The summed E-state index contributed by atoms with van der Waals surface area (Å²) in [7, 11) is 0. The summed E-state index contributed by atoms with van der Waals surface area (Å²) in [6, 6.07) is 11.5. The normalized spacial score (nSPS) is 11.9. The van der Waals surface area contributed by atoms with Gasteiger partial charge in [-0.2, -0.15) is 0 Å². The number of amides is 1. The molecule has 18 heavy (non-hydrogen) atoms. The number of rotatable bonds is 3. The quantitative estimate of drug-likeness (QED) is 0.896. The van der Waals surface area contributed by atoms with Gasteiger partial charge in [-0.25, -0.2) is 0 Å².